The number of carbonyl (C=O) groups excluding carboxylic acids is 2. The summed E-state index contributed by atoms with van der Waals surface area (Å²) in [6, 6.07) is 16.1. The number of likely N-dealkylation sites (tertiary alicyclic amines) is 1. The number of para-hydroxylation sites is 1. The van der Waals surface area contributed by atoms with E-state index in [2.05, 4.69) is 10.2 Å². The monoisotopic (exact) mass is 449 g/mol. The van der Waals surface area contributed by atoms with E-state index in [9.17, 15) is 9.59 Å². The van der Waals surface area contributed by atoms with Crippen molar-refractivity contribution in [3.8, 4) is 5.75 Å². The molecule has 0 saturated carbocycles. The van der Waals surface area contributed by atoms with Crippen molar-refractivity contribution >= 4 is 28.4 Å². The van der Waals surface area contributed by atoms with Gasteiger partial charge in [0.15, 0.2) is 0 Å². The summed E-state index contributed by atoms with van der Waals surface area (Å²) in [5.41, 5.74) is 3.55. The molecule has 3 aromatic rings. The van der Waals surface area contributed by atoms with Gasteiger partial charge in [-0.3, -0.25) is 19.7 Å². The van der Waals surface area contributed by atoms with Crippen LogP contribution in [0.1, 0.15) is 29.0 Å². The van der Waals surface area contributed by atoms with Crippen molar-refractivity contribution in [2.45, 2.75) is 12.8 Å². The Hall–Kier alpha value is -3.62. The Balaban J connectivity index is 1.35. The second-order valence-corrected chi connectivity index (χ2v) is 7.91. The van der Waals surface area contributed by atoms with Gasteiger partial charge in [-0.15, -0.1) is 0 Å². The summed E-state index contributed by atoms with van der Waals surface area (Å²) in [4.78, 5) is 26.3. The van der Waals surface area contributed by atoms with E-state index in [0.717, 1.165) is 29.6 Å². The average molecular weight is 450 g/mol. The van der Waals surface area contributed by atoms with Crippen LogP contribution in [0.2, 0.25) is 0 Å². The highest BCUT2D eigenvalue weighted by atomic mass is 16.5. The van der Waals surface area contributed by atoms with Crippen LogP contribution in [0.15, 0.2) is 65.1 Å². The van der Waals surface area contributed by atoms with E-state index in [-0.39, 0.29) is 12.5 Å². The van der Waals surface area contributed by atoms with Crippen LogP contribution in [0, 0.1) is 0 Å². The van der Waals surface area contributed by atoms with Crippen molar-refractivity contribution in [2.75, 3.05) is 32.8 Å². The molecule has 0 radical (unpaired) electrons. The van der Waals surface area contributed by atoms with Crippen LogP contribution in [-0.2, 0) is 4.79 Å². The highest BCUT2D eigenvalue weighted by Gasteiger charge is 2.17. The van der Waals surface area contributed by atoms with E-state index in [1.54, 1.807) is 35.8 Å². The summed E-state index contributed by atoms with van der Waals surface area (Å²) in [6.45, 7) is 3.30. The number of benzene rings is 2. The van der Waals surface area contributed by atoms with Gasteiger partial charge in [-0.25, -0.2) is 5.48 Å². The minimum absolute atomic E-state index is 0.205. The van der Waals surface area contributed by atoms with Gasteiger partial charge in [0.25, 0.3) is 5.91 Å². The lowest BCUT2D eigenvalue weighted by Gasteiger charge is -2.16. The van der Waals surface area contributed by atoms with E-state index in [1.165, 1.54) is 12.8 Å². The van der Waals surface area contributed by atoms with Crippen molar-refractivity contribution in [3.05, 3.63) is 72.0 Å². The molecule has 0 aliphatic carbocycles. The van der Waals surface area contributed by atoms with Gasteiger partial charge in [0.05, 0.1) is 6.54 Å². The fourth-order valence-corrected chi connectivity index (χ4v) is 3.84. The Morgan fingerprint density at radius 2 is 1.85 bits per heavy atom. The molecule has 0 atom stereocenters. The van der Waals surface area contributed by atoms with Gasteiger partial charge >= 0.3 is 0 Å². The number of furan rings is 1. The summed E-state index contributed by atoms with van der Waals surface area (Å²) >= 11 is 0. The number of hydrogen-bond acceptors (Lipinski definition) is 6. The van der Waals surface area contributed by atoms with E-state index in [1.807, 2.05) is 30.3 Å². The topological polar surface area (TPSA) is 104 Å². The average Bonchev–Trinajstić information content (AvgIpc) is 3.51. The predicted molar refractivity (Wildman–Crippen MR) is 124 cm³/mol. The lowest BCUT2D eigenvalue weighted by atomic mass is 10.1. The molecule has 3 N–H and O–H groups in total. The maximum absolute atomic E-state index is 12.6. The molecule has 1 aliphatic rings. The Morgan fingerprint density at radius 1 is 1.09 bits per heavy atom. The van der Waals surface area contributed by atoms with Crippen LogP contribution in [0.3, 0.4) is 0 Å². The Bertz CT molecular complexity index is 1100. The number of carbonyl (C=O) groups is 2. The lowest BCUT2D eigenvalue weighted by molar-refractivity contribution is -0.116. The number of amides is 2. The molecule has 1 aliphatic heterocycles. The zero-order valence-electron chi connectivity index (χ0n) is 18.3. The quantitative estimate of drug-likeness (QED) is 0.201. The maximum atomic E-state index is 12.6. The molecule has 1 aromatic heterocycles. The largest absolute Gasteiger partial charge is 0.492 e. The summed E-state index contributed by atoms with van der Waals surface area (Å²) in [5, 5.41) is 12.5. The molecule has 4 rings (SSSR count). The zero-order valence-corrected chi connectivity index (χ0v) is 18.3. The van der Waals surface area contributed by atoms with E-state index in [0.29, 0.717) is 30.2 Å². The third kappa shape index (κ3) is 6.00. The van der Waals surface area contributed by atoms with Crippen LogP contribution < -0.4 is 15.5 Å². The third-order valence-corrected chi connectivity index (χ3v) is 5.53. The number of nitrogens with one attached hydrogen (secondary N) is 2. The molecular weight excluding hydrogens is 422 g/mol. The number of ether oxygens (including phenoxy) is 1. The second-order valence-electron chi connectivity index (χ2n) is 7.91. The molecule has 2 amide bonds. The van der Waals surface area contributed by atoms with Crippen molar-refractivity contribution in [3.63, 3.8) is 0 Å². The van der Waals surface area contributed by atoms with Crippen LogP contribution in [0.4, 0.5) is 0 Å². The van der Waals surface area contributed by atoms with Crippen molar-refractivity contribution in [2.24, 2.45) is 0 Å². The first-order valence-electron chi connectivity index (χ1n) is 11.0. The first-order chi connectivity index (χ1) is 16.1. The van der Waals surface area contributed by atoms with E-state index < -0.39 is 5.91 Å². The van der Waals surface area contributed by atoms with Crippen LogP contribution >= 0.6 is 0 Å². The summed E-state index contributed by atoms with van der Waals surface area (Å²) in [7, 11) is 0. The van der Waals surface area contributed by atoms with Crippen molar-refractivity contribution < 1.29 is 24.0 Å². The minimum Gasteiger partial charge on any atom is -0.492 e. The number of hydroxylamine groups is 1. The van der Waals surface area contributed by atoms with Gasteiger partial charge in [-0.05, 0) is 62.3 Å². The smallest absolute Gasteiger partial charge is 0.274 e. The molecule has 2 heterocycles. The highest BCUT2D eigenvalue weighted by Crippen LogP contribution is 2.26. The molecule has 2 aromatic carbocycles. The normalized spacial score (nSPS) is 14.4. The third-order valence-electron chi connectivity index (χ3n) is 5.53. The fourth-order valence-electron chi connectivity index (χ4n) is 3.84. The molecular formula is C25H27N3O5. The second kappa shape index (κ2) is 10.8. The molecule has 172 valence electrons. The number of nitrogens with zero attached hydrogens (tertiary/aromatic N) is 1. The van der Waals surface area contributed by atoms with Gasteiger partial charge in [-0.1, -0.05) is 18.2 Å². The summed E-state index contributed by atoms with van der Waals surface area (Å²) in [6.07, 6.45) is 3.95. The predicted octanol–water partition coefficient (Wildman–Crippen LogP) is 3.23. The molecule has 0 bridgehead atoms. The number of rotatable bonds is 9. The molecule has 8 nitrogen and oxygen atoms in total. The van der Waals surface area contributed by atoms with Crippen LogP contribution in [0.25, 0.3) is 16.5 Å². The fraction of sp³-hybridized carbons (Fsp3) is 0.280. The minimum atomic E-state index is -0.588. The first kappa shape index (κ1) is 22.6. The Labute approximate surface area is 191 Å². The van der Waals surface area contributed by atoms with Gasteiger partial charge in [0.2, 0.25) is 5.91 Å². The lowest BCUT2D eigenvalue weighted by Crippen LogP contribution is -2.28. The molecule has 1 saturated heterocycles. The first-order valence-corrected chi connectivity index (χ1v) is 11.0. The van der Waals surface area contributed by atoms with Crippen molar-refractivity contribution in [1.82, 2.24) is 15.7 Å². The SMILES string of the molecule is O=C(C=C(CN1CCCC1)c1cc2ccccc2o1)NCCOc1ccc(C(=O)NO)cc1. The molecule has 33 heavy (non-hydrogen) atoms. The molecule has 1 fully saturated rings. The van der Waals surface area contributed by atoms with Crippen molar-refractivity contribution in [1.29, 1.82) is 0 Å². The maximum Gasteiger partial charge on any atom is 0.274 e. The van der Waals surface area contributed by atoms with Gasteiger partial charge in [0, 0.05) is 29.1 Å². The van der Waals surface area contributed by atoms with E-state index >= 15 is 0 Å². The standard InChI is InChI=1S/C25H27N3O5/c29-24(26-11-14-32-21-9-7-18(8-10-21)25(30)27-31)16-20(17-28-12-3-4-13-28)23-15-19-5-1-2-6-22(19)33-23/h1-2,5-10,15-16,31H,3-4,11-14,17H2,(H,26,29)(H,27,30). The van der Waals surface area contributed by atoms with Gasteiger partial charge in [0.1, 0.15) is 23.7 Å². The Kier molecular flexibility index (Phi) is 7.39. The molecule has 0 spiro atoms. The number of fused-ring (bicyclic) bond motifs is 1. The molecule has 0 unspecified atom stereocenters. The summed E-state index contributed by atoms with van der Waals surface area (Å²) in [5.74, 6) is 0.478. The Morgan fingerprint density at radius 3 is 2.58 bits per heavy atom. The van der Waals surface area contributed by atoms with Crippen LogP contribution in [0.5, 0.6) is 5.75 Å². The van der Waals surface area contributed by atoms with Gasteiger partial charge < -0.3 is 14.5 Å². The molecule has 8 heteroatoms. The van der Waals surface area contributed by atoms with Gasteiger partial charge in [-0.2, -0.15) is 0 Å². The highest BCUT2D eigenvalue weighted by molar-refractivity contribution is 5.96. The van der Waals surface area contributed by atoms with Crippen LogP contribution in [-0.4, -0.2) is 54.7 Å². The zero-order chi connectivity index (χ0) is 23.0. The number of hydrogen-bond donors (Lipinski definition) is 3. The summed E-state index contributed by atoms with van der Waals surface area (Å²) < 4.78 is 11.6. The van der Waals surface area contributed by atoms with E-state index in [4.69, 9.17) is 14.4 Å².